The van der Waals surface area contributed by atoms with Crippen molar-refractivity contribution in [3.63, 3.8) is 0 Å². The van der Waals surface area contributed by atoms with E-state index in [1.165, 1.54) is 5.56 Å². The molecule has 2 amide bonds. The molecule has 3 aromatic rings. The maximum Gasteiger partial charge on any atom is 0.229 e. The lowest BCUT2D eigenvalue weighted by Gasteiger charge is -2.19. The van der Waals surface area contributed by atoms with Crippen molar-refractivity contribution in [3.8, 4) is 17.2 Å². The van der Waals surface area contributed by atoms with Crippen LogP contribution in [-0.4, -0.2) is 25.0 Å². The zero-order chi connectivity index (χ0) is 25.0. The van der Waals surface area contributed by atoms with Gasteiger partial charge in [-0.15, -0.1) is 0 Å². The molecule has 4 rings (SSSR count). The van der Waals surface area contributed by atoms with Gasteiger partial charge in [-0.3, -0.25) is 9.59 Å². The fourth-order valence-electron chi connectivity index (χ4n) is 4.03. The van der Waals surface area contributed by atoms with Gasteiger partial charge in [0.2, 0.25) is 11.8 Å². The van der Waals surface area contributed by atoms with Crippen LogP contribution in [0.15, 0.2) is 72.8 Å². The van der Waals surface area contributed by atoms with Gasteiger partial charge in [0.15, 0.2) is 0 Å². The number of amides is 2. The summed E-state index contributed by atoms with van der Waals surface area (Å²) in [5, 5.41) is 2.92. The molecule has 1 atom stereocenters. The SMILES string of the molecule is CCOc1ccc(N2C[C@H](C(=O)Nc3ccc(Oc4ccc(C(C)(C)C)cc4)cc3)CC2=O)cc1. The Kier molecular flexibility index (Phi) is 7.10. The van der Waals surface area contributed by atoms with Crippen LogP contribution in [0, 0.1) is 5.92 Å². The van der Waals surface area contributed by atoms with Gasteiger partial charge in [-0.1, -0.05) is 32.9 Å². The maximum absolute atomic E-state index is 12.8. The highest BCUT2D eigenvalue weighted by molar-refractivity contribution is 6.03. The third-order valence-electron chi connectivity index (χ3n) is 6.03. The minimum atomic E-state index is -0.411. The van der Waals surface area contributed by atoms with Crippen LogP contribution in [0.5, 0.6) is 17.2 Å². The molecule has 1 aliphatic rings. The Morgan fingerprint density at radius 1 is 0.914 bits per heavy atom. The molecule has 1 fully saturated rings. The molecule has 0 saturated carbocycles. The number of carbonyl (C=O) groups excluding carboxylic acids is 2. The average Bonchev–Trinajstić information content (AvgIpc) is 3.23. The van der Waals surface area contributed by atoms with Crippen LogP contribution < -0.4 is 19.7 Å². The Labute approximate surface area is 206 Å². The maximum atomic E-state index is 12.8. The number of hydrogen-bond acceptors (Lipinski definition) is 4. The molecule has 3 aromatic carbocycles. The standard InChI is InChI=1S/C29H32N2O4/c1-5-34-24-16-10-23(11-17-24)31-19-20(18-27(31)32)28(33)30-22-8-14-26(15-9-22)35-25-12-6-21(7-13-25)29(2,3)4/h6-17,20H,5,18-19H2,1-4H3,(H,30,33)/t20-/m1/s1. The van der Waals surface area contributed by atoms with Gasteiger partial charge in [-0.2, -0.15) is 0 Å². The summed E-state index contributed by atoms with van der Waals surface area (Å²) in [4.78, 5) is 27.0. The molecule has 1 heterocycles. The molecule has 182 valence electrons. The van der Waals surface area contributed by atoms with E-state index in [1.54, 1.807) is 17.0 Å². The normalized spacial score (nSPS) is 15.7. The summed E-state index contributed by atoms with van der Waals surface area (Å²) in [5.41, 5.74) is 2.77. The lowest BCUT2D eigenvalue weighted by Crippen LogP contribution is -2.28. The summed E-state index contributed by atoms with van der Waals surface area (Å²) in [6.07, 6.45) is 0.185. The van der Waals surface area contributed by atoms with Crippen LogP contribution in [0.3, 0.4) is 0 Å². The van der Waals surface area contributed by atoms with E-state index in [2.05, 4.69) is 38.2 Å². The summed E-state index contributed by atoms with van der Waals surface area (Å²) < 4.78 is 11.4. The van der Waals surface area contributed by atoms with E-state index >= 15 is 0 Å². The molecule has 0 spiro atoms. The van der Waals surface area contributed by atoms with Crippen LogP contribution in [0.4, 0.5) is 11.4 Å². The van der Waals surface area contributed by atoms with Crippen molar-refractivity contribution in [3.05, 3.63) is 78.4 Å². The van der Waals surface area contributed by atoms with Gasteiger partial charge in [-0.05, 0) is 78.6 Å². The minimum Gasteiger partial charge on any atom is -0.494 e. The number of ether oxygens (including phenoxy) is 2. The highest BCUT2D eigenvalue weighted by Crippen LogP contribution is 2.29. The molecule has 0 unspecified atom stereocenters. The van der Waals surface area contributed by atoms with E-state index in [0.717, 1.165) is 17.2 Å². The van der Waals surface area contributed by atoms with Crippen molar-refractivity contribution >= 4 is 23.2 Å². The summed E-state index contributed by atoms with van der Waals surface area (Å²) >= 11 is 0. The Bertz CT molecular complexity index is 1160. The average molecular weight is 473 g/mol. The van der Waals surface area contributed by atoms with Gasteiger partial charge >= 0.3 is 0 Å². The predicted octanol–water partition coefficient (Wildman–Crippen LogP) is 6.17. The summed E-state index contributed by atoms with van der Waals surface area (Å²) in [6.45, 7) is 9.39. The zero-order valence-corrected chi connectivity index (χ0v) is 20.7. The third-order valence-corrected chi connectivity index (χ3v) is 6.03. The molecule has 0 radical (unpaired) electrons. The smallest absolute Gasteiger partial charge is 0.229 e. The van der Waals surface area contributed by atoms with Gasteiger partial charge in [0.25, 0.3) is 0 Å². The molecular weight excluding hydrogens is 440 g/mol. The molecular formula is C29H32N2O4. The quantitative estimate of drug-likeness (QED) is 0.447. The Morgan fingerprint density at radius 3 is 2.06 bits per heavy atom. The number of rotatable bonds is 7. The van der Waals surface area contributed by atoms with Crippen LogP contribution in [0.1, 0.15) is 39.7 Å². The zero-order valence-electron chi connectivity index (χ0n) is 20.7. The fourth-order valence-corrected chi connectivity index (χ4v) is 4.03. The first-order chi connectivity index (χ1) is 16.7. The molecule has 6 nitrogen and oxygen atoms in total. The van der Waals surface area contributed by atoms with E-state index in [0.29, 0.717) is 24.6 Å². The number of hydrogen-bond donors (Lipinski definition) is 1. The molecule has 0 aromatic heterocycles. The number of anilines is 2. The minimum absolute atomic E-state index is 0.0597. The number of nitrogens with one attached hydrogen (secondary N) is 1. The number of benzene rings is 3. The summed E-state index contributed by atoms with van der Waals surface area (Å²) in [7, 11) is 0. The monoisotopic (exact) mass is 472 g/mol. The van der Waals surface area contributed by atoms with Crippen LogP contribution in [-0.2, 0) is 15.0 Å². The highest BCUT2D eigenvalue weighted by Gasteiger charge is 2.35. The highest BCUT2D eigenvalue weighted by atomic mass is 16.5. The second-order valence-corrected chi connectivity index (χ2v) is 9.72. The summed E-state index contributed by atoms with van der Waals surface area (Å²) in [6, 6.07) is 22.7. The van der Waals surface area contributed by atoms with Gasteiger partial charge < -0.3 is 19.7 Å². The van der Waals surface area contributed by atoms with E-state index in [1.807, 2.05) is 55.5 Å². The predicted molar refractivity (Wildman–Crippen MR) is 138 cm³/mol. The Hall–Kier alpha value is -3.80. The van der Waals surface area contributed by atoms with Gasteiger partial charge in [-0.25, -0.2) is 0 Å². The third kappa shape index (κ3) is 6.01. The number of nitrogens with zero attached hydrogens (tertiary/aromatic N) is 1. The van der Waals surface area contributed by atoms with Crippen molar-refractivity contribution in [2.24, 2.45) is 5.92 Å². The van der Waals surface area contributed by atoms with Gasteiger partial charge in [0.05, 0.1) is 12.5 Å². The lowest BCUT2D eigenvalue weighted by atomic mass is 9.87. The van der Waals surface area contributed by atoms with Crippen molar-refractivity contribution < 1.29 is 19.1 Å². The second-order valence-electron chi connectivity index (χ2n) is 9.72. The van der Waals surface area contributed by atoms with Crippen molar-refractivity contribution in [1.82, 2.24) is 0 Å². The molecule has 1 saturated heterocycles. The van der Waals surface area contributed by atoms with Crippen molar-refractivity contribution in [1.29, 1.82) is 0 Å². The van der Waals surface area contributed by atoms with Gasteiger partial charge in [0, 0.05) is 24.3 Å². The first-order valence-corrected chi connectivity index (χ1v) is 12.0. The van der Waals surface area contributed by atoms with E-state index in [9.17, 15) is 9.59 Å². The van der Waals surface area contributed by atoms with E-state index in [-0.39, 0.29) is 23.7 Å². The first kappa shape index (κ1) is 24.3. The Balaban J connectivity index is 1.33. The molecule has 0 aliphatic carbocycles. The van der Waals surface area contributed by atoms with Gasteiger partial charge in [0.1, 0.15) is 17.2 Å². The van der Waals surface area contributed by atoms with E-state index in [4.69, 9.17) is 9.47 Å². The first-order valence-electron chi connectivity index (χ1n) is 12.0. The molecule has 1 N–H and O–H groups in total. The molecule has 1 aliphatic heterocycles. The number of carbonyl (C=O) groups is 2. The second kappa shape index (κ2) is 10.2. The Morgan fingerprint density at radius 2 is 1.49 bits per heavy atom. The fraction of sp³-hybridized carbons (Fsp3) is 0.310. The topological polar surface area (TPSA) is 67.9 Å². The largest absolute Gasteiger partial charge is 0.494 e. The lowest BCUT2D eigenvalue weighted by molar-refractivity contribution is -0.122. The molecule has 0 bridgehead atoms. The van der Waals surface area contributed by atoms with Crippen LogP contribution in [0.2, 0.25) is 0 Å². The van der Waals surface area contributed by atoms with Crippen molar-refractivity contribution in [2.45, 2.75) is 39.5 Å². The molecule has 6 heteroatoms. The van der Waals surface area contributed by atoms with Crippen molar-refractivity contribution in [2.75, 3.05) is 23.4 Å². The molecule has 35 heavy (non-hydrogen) atoms. The summed E-state index contributed by atoms with van der Waals surface area (Å²) in [5.74, 6) is 1.56. The van der Waals surface area contributed by atoms with Crippen LogP contribution >= 0.6 is 0 Å². The van der Waals surface area contributed by atoms with Crippen LogP contribution in [0.25, 0.3) is 0 Å². The van der Waals surface area contributed by atoms with E-state index < -0.39 is 5.92 Å².